The molecule has 5 heteroatoms. The van der Waals surface area contributed by atoms with Crippen molar-refractivity contribution in [1.82, 2.24) is 4.98 Å². The van der Waals surface area contributed by atoms with Crippen molar-refractivity contribution in [3.05, 3.63) is 35.0 Å². The van der Waals surface area contributed by atoms with Gasteiger partial charge in [-0.2, -0.15) is 5.26 Å². The van der Waals surface area contributed by atoms with Gasteiger partial charge >= 0.3 is 0 Å². The Hall–Kier alpha value is -1.93. The number of thiazole rings is 1. The fourth-order valence-electron chi connectivity index (χ4n) is 1.19. The molecule has 74 valence electrons. The zero-order valence-electron chi connectivity index (χ0n) is 7.57. The van der Waals surface area contributed by atoms with Crippen LogP contribution in [-0.4, -0.2) is 4.98 Å². The van der Waals surface area contributed by atoms with Crippen LogP contribution in [0.5, 0.6) is 0 Å². The molecule has 0 saturated heterocycles. The molecule has 0 amide bonds. The van der Waals surface area contributed by atoms with Crippen molar-refractivity contribution in [3.63, 3.8) is 0 Å². The van der Waals surface area contributed by atoms with Gasteiger partial charge in [0.2, 0.25) is 0 Å². The molecular formula is C10H6FN3S. The first kappa shape index (κ1) is 9.62. The second-order valence-corrected chi connectivity index (χ2v) is 3.77. The molecule has 0 fully saturated rings. The molecule has 2 aromatic rings. The highest BCUT2D eigenvalue weighted by atomic mass is 32.1. The molecule has 0 spiro atoms. The van der Waals surface area contributed by atoms with Gasteiger partial charge in [0.15, 0.2) is 5.13 Å². The van der Waals surface area contributed by atoms with Gasteiger partial charge in [0.1, 0.15) is 11.9 Å². The largest absolute Gasteiger partial charge is 0.375 e. The molecule has 0 aliphatic rings. The lowest BCUT2D eigenvalue weighted by atomic mass is 10.1. The van der Waals surface area contributed by atoms with Crippen molar-refractivity contribution in [2.75, 3.05) is 5.73 Å². The van der Waals surface area contributed by atoms with E-state index in [4.69, 9.17) is 11.0 Å². The first-order valence-electron chi connectivity index (χ1n) is 4.12. The van der Waals surface area contributed by atoms with Crippen LogP contribution in [0.15, 0.2) is 23.6 Å². The summed E-state index contributed by atoms with van der Waals surface area (Å²) in [6.45, 7) is 0. The molecule has 0 aliphatic carbocycles. The Morgan fingerprint density at radius 2 is 2.27 bits per heavy atom. The van der Waals surface area contributed by atoms with Crippen LogP contribution in [0.25, 0.3) is 11.3 Å². The van der Waals surface area contributed by atoms with Crippen LogP contribution in [0, 0.1) is 17.1 Å². The van der Waals surface area contributed by atoms with E-state index in [2.05, 4.69) is 4.98 Å². The predicted molar refractivity (Wildman–Crippen MR) is 56.6 cm³/mol. The molecule has 0 saturated carbocycles. The third-order valence-corrected chi connectivity index (χ3v) is 2.58. The maximum absolute atomic E-state index is 13.0. The number of nitriles is 1. The van der Waals surface area contributed by atoms with Crippen LogP contribution < -0.4 is 5.73 Å². The molecule has 0 atom stereocenters. The molecule has 0 bridgehead atoms. The van der Waals surface area contributed by atoms with Crippen LogP contribution in [0.3, 0.4) is 0 Å². The molecule has 0 unspecified atom stereocenters. The lowest BCUT2D eigenvalue weighted by molar-refractivity contribution is 0.624. The lowest BCUT2D eigenvalue weighted by Crippen LogP contribution is -1.87. The summed E-state index contributed by atoms with van der Waals surface area (Å²) in [6, 6.07) is 6.07. The highest BCUT2D eigenvalue weighted by Crippen LogP contribution is 2.24. The Bertz CT molecular complexity index is 542. The fraction of sp³-hybridized carbons (Fsp3) is 0. The SMILES string of the molecule is N#Cc1cc(-c2csc(N)n2)ccc1F. The summed E-state index contributed by atoms with van der Waals surface area (Å²) >= 11 is 1.31. The minimum Gasteiger partial charge on any atom is -0.375 e. The Balaban J connectivity index is 2.51. The normalized spacial score (nSPS) is 9.87. The van der Waals surface area contributed by atoms with E-state index in [1.54, 1.807) is 17.5 Å². The van der Waals surface area contributed by atoms with Crippen molar-refractivity contribution in [3.8, 4) is 17.3 Å². The van der Waals surface area contributed by atoms with Crippen LogP contribution in [0.4, 0.5) is 9.52 Å². The third-order valence-electron chi connectivity index (χ3n) is 1.90. The van der Waals surface area contributed by atoms with Crippen molar-refractivity contribution in [2.24, 2.45) is 0 Å². The third kappa shape index (κ3) is 1.80. The van der Waals surface area contributed by atoms with E-state index in [9.17, 15) is 4.39 Å². The zero-order chi connectivity index (χ0) is 10.8. The molecular weight excluding hydrogens is 213 g/mol. The first-order valence-corrected chi connectivity index (χ1v) is 4.99. The van der Waals surface area contributed by atoms with Crippen molar-refractivity contribution in [1.29, 1.82) is 5.26 Å². The summed E-state index contributed by atoms with van der Waals surface area (Å²) in [6.07, 6.45) is 0. The van der Waals surface area contributed by atoms with Gasteiger partial charge in [0, 0.05) is 10.9 Å². The number of hydrogen-bond acceptors (Lipinski definition) is 4. The number of halogens is 1. The monoisotopic (exact) mass is 219 g/mol. The van der Waals surface area contributed by atoms with Gasteiger partial charge in [-0.25, -0.2) is 9.37 Å². The summed E-state index contributed by atoms with van der Waals surface area (Å²) in [5.74, 6) is -0.524. The highest BCUT2D eigenvalue weighted by molar-refractivity contribution is 7.13. The topological polar surface area (TPSA) is 62.7 Å². The predicted octanol–water partition coefficient (Wildman–Crippen LogP) is 2.40. The van der Waals surface area contributed by atoms with E-state index in [0.717, 1.165) is 0 Å². The maximum atomic E-state index is 13.0. The summed E-state index contributed by atoms with van der Waals surface area (Å²) in [5, 5.41) is 10.9. The number of nitrogens with zero attached hydrogens (tertiary/aromatic N) is 2. The minimum absolute atomic E-state index is 0.0130. The average molecular weight is 219 g/mol. The number of anilines is 1. The van der Waals surface area contributed by atoms with E-state index in [0.29, 0.717) is 16.4 Å². The summed E-state index contributed by atoms with van der Waals surface area (Å²) in [5.41, 5.74) is 6.85. The number of aromatic nitrogens is 1. The van der Waals surface area contributed by atoms with E-state index in [1.807, 2.05) is 0 Å². The van der Waals surface area contributed by atoms with Gasteiger partial charge in [0.05, 0.1) is 11.3 Å². The number of rotatable bonds is 1. The standard InChI is InChI=1S/C10H6FN3S/c11-8-2-1-6(3-7(8)4-12)9-5-15-10(13)14-9/h1-3,5H,(H2,13,14). The molecule has 2 N–H and O–H groups in total. The Morgan fingerprint density at radius 1 is 1.47 bits per heavy atom. The molecule has 1 aromatic heterocycles. The average Bonchev–Trinajstić information content (AvgIpc) is 2.66. The van der Waals surface area contributed by atoms with E-state index in [1.165, 1.54) is 23.5 Å². The minimum atomic E-state index is -0.524. The van der Waals surface area contributed by atoms with Crippen LogP contribution in [0.2, 0.25) is 0 Å². The number of nitrogen functional groups attached to an aromatic ring is 1. The second kappa shape index (κ2) is 3.67. The van der Waals surface area contributed by atoms with Gasteiger partial charge in [-0.05, 0) is 18.2 Å². The maximum Gasteiger partial charge on any atom is 0.180 e. The van der Waals surface area contributed by atoms with Gasteiger partial charge in [-0.3, -0.25) is 0 Å². The van der Waals surface area contributed by atoms with Gasteiger partial charge in [0.25, 0.3) is 0 Å². The van der Waals surface area contributed by atoms with Crippen molar-refractivity contribution >= 4 is 16.5 Å². The highest BCUT2D eigenvalue weighted by Gasteiger charge is 2.06. The molecule has 0 aliphatic heterocycles. The molecule has 1 heterocycles. The molecule has 2 rings (SSSR count). The molecule has 3 nitrogen and oxygen atoms in total. The number of nitrogens with two attached hydrogens (primary N) is 1. The Kier molecular flexibility index (Phi) is 2.35. The quantitative estimate of drug-likeness (QED) is 0.801. The van der Waals surface area contributed by atoms with Crippen LogP contribution in [0.1, 0.15) is 5.56 Å². The number of hydrogen-bond donors (Lipinski definition) is 1. The van der Waals surface area contributed by atoms with Crippen LogP contribution >= 0.6 is 11.3 Å². The molecule has 0 radical (unpaired) electrons. The number of benzene rings is 1. The van der Waals surface area contributed by atoms with Crippen molar-refractivity contribution in [2.45, 2.75) is 0 Å². The fourth-order valence-corrected chi connectivity index (χ4v) is 1.76. The molecule has 15 heavy (non-hydrogen) atoms. The summed E-state index contributed by atoms with van der Waals surface area (Å²) in [4.78, 5) is 4.05. The summed E-state index contributed by atoms with van der Waals surface area (Å²) in [7, 11) is 0. The Morgan fingerprint density at radius 3 is 2.87 bits per heavy atom. The first-order chi connectivity index (χ1) is 7.20. The van der Waals surface area contributed by atoms with E-state index in [-0.39, 0.29) is 5.56 Å². The van der Waals surface area contributed by atoms with Gasteiger partial charge < -0.3 is 5.73 Å². The van der Waals surface area contributed by atoms with E-state index >= 15 is 0 Å². The van der Waals surface area contributed by atoms with Gasteiger partial charge in [-0.15, -0.1) is 11.3 Å². The second-order valence-electron chi connectivity index (χ2n) is 2.88. The summed E-state index contributed by atoms with van der Waals surface area (Å²) < 4.78 is 13.0. The van der Waals surface area contributed by atoms with Crippen molar-refractivity contribution < 1.29 is 4.39 Å². The lowest BCUT2D eigenvalue weighted by Gasteiger charge is -1.97. The molecule has 1 aromatic carbocycles. The zero-order valence-corrected chi connectivity index (χ0v) is 8.38. The smallest absolute Gasteiger partial charge is 0.180 e. The Labute approximate surface area is 89.6 Å². The van der Waals surface area contributed by atoms with Gasteiger partial charge in [-0.1, -0.05) is 0 Å². The van der Waals surface area contributed by atoms with E-state index < -0.39 is 5.82 Å². The van der Waals surface area contributed by atoms with Crippen LogP contribution in [-0.2, 0) is 0 Å².